The number of fused-ring (bicyclic) bond motifs is 1. The smallest absolute Gasteiger partial charge is 0.137 e. The lowest BCUT2D eigenvalue weighted by Gasteiger charge is -2.47. The molecular formula is C22H23BrN4. The first-order valence-corrected chi connectivity index (χ1v) is 9.84. The van der Waals surface area contributed by atoms with Gasteiger partial charge in [0.2, 0.25) is 0 Å². The van der Waals surface area contributed by atoms with Crippen LogP contribution in [0, 0.1) is 0 Å². The fourth-order valence-corrected chi connectivity index (χ4v) is 4.28. The molecule has 27 heavy (non-hydrogen) atoms. The third kappa shape index (κ3) is 3.64. The van der Waals surface area contributed by atoms with Crippen LogP contribution in [0.15, 0.2) is 83.3 Å². The Kier molecular flexibility index (Phi) is 5.27. The maximum absolute atomic E-state index is 6.74. The van der Waals surface area contributed by atoms with Crippen LogP contribution in [0.3, 0.4) is 0 Å². The Labute approximate surface area is 168 Å². The Balaban J connectivity index is 1.73. The molecule has 1 aliphatic rings. The van der Waals surface area contributed by atoms with Gasteiger partial charge in [-0.15, -0.1) is 0 Å². The van der Waals surface area contributed by atoms with Gasteiger partial charge in [0.15, 0.2) is 0 Å². The van der Waals surface area contributed by atoms with Gasteiger partial charge in [-0.2, -0.15) is 0 Å². The Hall–Kier alpha value is -2.18. The maximum Gasteiger partial charge on any atom is 0.137 e. The average Bonchev–Trinajstić information content (AvgIpc) is 2.70. The first kappa shape index (κ1) is 18.2. The van der Waals surface area contributed by atoms with Gasteiger partial charge in [-0.3, -0.25) is 5.73 Å². The highest BCUT2D eigenvalue weighted by atomic mass is 79.9. The molecule has 0 bridgehead atoms. The highest BCUT2D eigenvalue weighted by Gasteiger charge is 2.36. The second-order valence-electron chi connectivity index (χ2n) is 6.81. The van der Waals surface area contributed by atoms with E-state index in [1.54, 1.807) is 0 Å². The number of anilines is 1. The molecule has 3 aromatic carbocycles. The molecule has 0 aliphatic carbocycles. The molecule has 1 aliphatic heterocycles. The van der Waals surface area contributed by atoms with Crippen LogP contribution in [0.25, 0.3) is 0 Å². The van der Waals surface area contributed by atoms with Crippen LogP contribution in [-0.4, -0.2) is 11.2 Å². The van der Waals surface area contributed by atoms with Gasteiger partial charge in [-0.25, -0.2) is 4.90 Å². The molecule has 0 aromatic heterocycles. The molecule has 4 rings (SSSR count). The molecule has 1 heterocycles. The molecule has 4 nitrogen and oxygen atoms in total. The highest BCUT2D eigenvalue weighted by Crippen LogP contribution is 2.41. The zero-order valence-corrected chi connectivity index (χ0v) is 16.6. The molecule has 0 spiro atoms. The second kappa shape index (κ2) is 7.82. The second-order valence-corrected chi connectivity index (χ2v) is 7.66. The minimum absolute atomic E-state index is 0.264. The van der Waals surface area contributed by atoms with Gasteiger partial charge >= 0.3 is 0 Å². The van der Waals surface area contributed by atoms with Gasteiger partial charge in [0, 0.05) is 23.1 Å². The van der Waals surface area contributed by atoms with E-state index < -0.39 is 0 Å². The lowest BCUT2D eigenvalue weighted by Crippen LogP contribution is -2.60. The highest BCUT2D eigenvalue weighted by molar-refractivity contribution is 9.10. The third-order valence-electron chi connectivity index (χ3n) is 5.04. The van der Waals surface area contributed by atoms with Crippen LogP contribution in [-0.2, 0) is 13.1 Å². The van der Waals surface area contributed by atoms with E-state index in [-0.39, 0.29) is 12.5 Å². The predicted molar refractivity (Wildman–Crippen MR) is 114 cm³/mol. The fraction of sp³-hybridized carbons (Fsp3) is 0.182. The number of para-hydroxylation sites is 1. The molecule has 4 N–H and O–H groups in total. The van der Waals surface area contributed by atoms with E-state index in [0.29, 0.717) is 6.54 Å². The third-order valence-corrected chi connectivity index (χ3v) is 5.68. The van der Waals surface area contributed by atoms with Crippen molar-refractivity contribution in [2.45, 2.75) is 25.5 Å². The van der Waals surface area contributed by atoms with E-state index in [1.165, 1.54) is 11.1 Å². The molecule has 0 fully saturated rings. The SMILES string of the molecule is NC1c2cccc(Br)c2N(Cc2ccccc2)C(N)N1Cc1ccccc1. The fourth-order valence-electron chi connectivity index (χ4n) is 3.67. The number of nitrogens with two attached hydrogens (primary N) is 2. The molecule has 0 amide bonds. The van der Waals surface area contributed by atoms with Crippen LogP contribution < -0.4 is 16.4 Å². The van der Waals surface area contributed by atoms with E-state index >= 15 is 0 Å². The summed E-state index contributed by atoms with van der Waals surface area (Å²) < 4.78 is 1.01. The zero-order valence-electron chi connectivity index (χ0n) is 15.0. The molecule has 138 valence electrons. The first-order valence-electron chi connectivity index (χ1n) is 9.05. The van der Waals surface area contributed by atoms with Crippen LogP contribution in [0.1, 0.15) is 22.9 Å². The summed E-state index contributed by atoms with van der Waals surface area (Å²) in [5.74, 6) is 0. The summed E-state index contributed by atoms with van der Waals surface area (Å²) in [6, 6.07) is 26.9. The molecule has 2 atom stereocenters. The Morgan fingerprint density at radius 2 is 1.33 bits per heavy atom. The molecule has 0 saturated heterocycles. The molecule has 2 unspecified atom stereocenters. The minimum atomic E-state index is -0.327. The topological polar surface area (TPSA) is 58.5 Å². The van der Waals surface area contributed by atoms with Gasteiger partial charge in [-0.1, -0.05) is 72.8 Å². The van der Waals surface area contributed by atoms with Crippen molar-refractivity contribution in [3.8, 4) is 0 Å². The molecule has 3 aromatic rings. The molecule has 0 radical (unpaired) electrons. The summed E-state index contributed by atoms with van der Waals surface area (Å²) in [6.45, 7) is 1.41. The summed E-state index contributed by atoms with van der Waals surface area (Å²) in [5, 5.41) is 0. The van der Waals surface area contributed by atoms with E-state index in [9.17, 15) is 0 Å². The van der Waals surface area contributed by atoms with Crippen LogP contribution in [0.5, 0.6) is 0 Å². The number of halogens is 1. The summed E-state index contributed by atoms with van der Waals surface area (Å²) in [5.41, 5.74) is 18.0. The largest absolute Gasteiger partial charge is 0.338 e. The standard InChI is InChI=1S/C22H23BrN4/c23-19-13-7-12-18-20(19)26(14-16-8-3-1-4-9-16)22(25)27(21(18)24)15-17-10-5-2-6-11-17/h1-13,21-22H,14-15,24-25H2. The Bertz CT molecular complexity index is 901. The lowest BCUT2D eigenvalue weighted by molar-refractivity contribution is 0.112. The summed E-state index contributed by atoms with van der Waals surface area (Å²) >= 11 is 3.71. The predicted octanol–water partition coefficient (Wildman–Crippen LogP) is 4.17. The van der Waals surface area contributed by atoms with Gasteiger partial charge in [0.05, 0.1) is 11.9 Å². The van der Waals surface area contributed by atoms with Crippen molar-refractivity contribution in [3.05, 3.63) is 100 Å². The van der Waals surface area contributed by atoms with Crippen molar-refractivity contribution in [1.29, 1.82) is 0 Å². The van der Waals surface area contributed by atoms with Crippen molar-refractivity contribution in [3.63, 3.8) is 0 Å². The van der Waals surface area contributed by atoms with Crippen LogP contribution in [0.4, 0.5) is 5.69 Å². The first-order chi connectivity index (χ1) is 13.1. The summed E-state index contributed by atoms with van der Waals surface area (Å²) in [7, 11) is 0. The summed E-state index contributed by atoms with van der Waals surface area (Å²) in [6.07, 6.45) is -0.591. The molecular weight excluding hydrogens is 400 g/mol. The normalized spacial score (nSPS) is 19.7. The van der Waals surface area contributed by atoms with Crippen LogP contribution in [0.2, 0.25) is 0 Å². The zero-order chi connectivity index (χ0) is 18.8. The average molecular weight is 423 g/mol. The monoisotopic (exact) mass is 422 g/mol. The van der Waals surface area contributed by atoms with Crippen molar-refractivity contribution in [1.82, 2.24) is 4.90 Å². The van der Waals surface area contributed by atoms with Crippen molar-refractivity contribution >= 4 is 21.6 Å². The van der Waals surface area contributed by atoms with Crippen molar-refractivity contribution < 1.29 is 0 Å². The van der Waals surface area contributed by atoms with E-state index in [1.807, 2.05) is 36.4 Å². The van der Waals surface area contributed by atoms with Gasteiger partial charge < -0.3 is 10.6 Å². The van der Waals surface area contributed by atoms with Crippen molar-refractivity contribution in [2.75, 3.05) is 4.90 Å². The van der Waals surface area contributed by atoms with E-state index in [4.69, 9.17) is 11.5 Å². The number of hydrogen-bond donors (Lipinski definition) is 2. The minimum Gasteiger partial charge on any atom is -0.338 e. The number of rotatable bonds is 4. The lowest BCUT2D eigenvalue weighted by atomic mass is 10.0. The maximum atomic E-state index is 6.74. The number of benzene rings is 3. The molecule has 0 saturated carbocycles. The summed E-state index contributed by atoms with van der Waals surface area (Å²) in [4.78, 5) is 4.37. The quantitative estimate of drug-likeness (QED) is 0.662. The number of nitrogens with zero attached hydrogens (tertiary/aromatic N) is 2. The van der Waals surface area contributed by atoms with Gasteiger partial charge in [-0.05, 0) is 33.1 Å². The molecule has 5 heteroatoms. The van der Waals surface area contributed by atoms with E-state index in [0.717, 1.165) is 22.3 Å². The van der Waals surface area contributed by atoms with Gasteiger partial charge in [0.25, 0.3) is 0 Å². The Morgan fingerprint density at radius 1 is 0.741 bits per heavy atom. The van der Waals surface area contributed by atoms with Crippen molar-refractivity contribution in [2.24, 2.45) is 11.5 Å². The van der Waals surface area contributed by atoms with E-state index in [2.05, 4.69) is 68.2 Å². The number of hydrogen-bond acceptors (Lipinski definition) is 4. The van der Waals surface area contributed by atoms with Crippen LogP contribution >= 0.6 is 15.9 Å². The Morgan fingerprint density at radius 3 is 1.96 bits per heavy atom. The van der Waals surface area contributed by atoms with Gasteiger partial charge in [0.1, 0.15) is 6.29 Å².